The largest absolute Gasteiger partial charge is 0.465 e. The maximum atomic E-state index is 11.4. The minimum atomic E-state index is -1.18. The molecule has 1 aliphatic carbocycles. The molecule has 3 rings (SSSR count). The first-order valence-electron chi connectivity index (χ1n) is 5.59. The molecule has 1 saturated carbocycles. The Labute approximate surface area is 112 Å². The minimum Gasteiger partial charge on any atom is -0.465 e. The average molecular weight is 281 g/mol. The molecule has 1 fully saturated rings. The lowest BCUT2D eigenvalue weighted by atomic mass is 10.4. The molecule has 98 valence electrons. The van der Waals surface area contributed by atoms with Crippen molar-refractivity contribution in [2.45, 2.75) is 12.5 Å². The predicted molar refractivity (Wildman–Crippen MR) is 66.5 cm³/mol. The molecule has 1 amide bonds. The molecule has 1 aliphatic rings. The van der Waals surface area contributed by atoms with Crippen LogP contribution in [0.15, 0.2) is 18.3 Å². The number of nitrogens with zero attached hydrogens (tertiary/aromatic N) is 4. The fourth-order valence-electron chi connectivity index (χ4n) is 2.06. The number of hydrogen-bond donors (Lipinski definition) is 1. The molecule has 19 heavy (non-hydrogen) atoms. The Morgan fingerprint density at radius 2 is 2.42 bits per heavy atom. The van der Waals surface area contributed by atoms with Crippen molar-refractivity contribution >= 4 is 35.4 Å². The summed E-state index contributed by atoms with van der Waals surface area (Å²) in [5.74, 6) is -0.183. The van der Waals surface area contributed by atoms with Gasteiger partial charge in [-0.15, -0.1) is 0 Å². The van der Waals surface area contributed by atoms with E-state index in [-0.39, 0.29) is 17.0 Å². The summed E-state index contributed by atoms with van der Waals surface area (Å²) < 4.78 is 1.39. The van der Waals surface area contributed by atoms with Crippen LogP contribution in [0.1, 0.15) is 6.42 Å². The zero-order valence-corrected chi connectivity index (χ0v) is 10.4. The lowest BCUT2D eigenvalue weighted by Crippen LogP contribution is -2.35. The highest BCUT2D eigenvalue weighted by Crippen LogP contribution is 2.36. The van der Waals surface area contributed by atoms with Gasteiger partial charge in [0, 0.05) is 12.0 Å². The van der Waals surface area contributed by atoms with Crippen molar-refractivity contribution in [2.24, 2.45) is 5.92 Å². The second-order valence-corrected chi connectivity index (χ2v) is 4.69. The Morgan fingerprint density at radius 1 is 1.63 bits per heavy atom. The summed E-state index contributed by atoms with van der Waals surface area (Å²) >= 11 is 5.88. The Bertz CT molecular complexity index is 671. The lowest BCUT2D eigenvalue weighted by Gasteiger charge is -2.18. The molecule has 2 heterocycles. The first-order valence-corrected chi connectivity index (χ1v) is 5.97. The Kier molecular flexibility index (Phi) is 2.63. The van der Waals surface area contributed by atoms with Gasteiger partial charge in [-0.1, -0.05) is 11.6 Å². The first-order chi connectivity index (χ1) is 9.11. The maximum Gasteiger partial charge on any atom is 0.414 e. The number of carbonyl (C=O) groups excluding carboxylic acids is 1. The zero-order chi connectivity index (χ0) is 13.6. The summed E-state index contributed by atoms with van der Waals surface area (Å²) in [7, 11) is 0. The summed E-state index contributed by atoms with van der Waals surface area (Å²) in [4.78, 5) is 27.2. The number of aromatic nitrogens is 3. The number of halogens is 1. The molecule has 0 radical (unpaired) electrons. The van der Waals surface area contributed by atoms with E-state index in [4.69, 9.17) is 11.6 Å². The zero-order valence-electron chi connectivity index (χ0n) is 9.60. The summed E-state index contributed by atoms with van der Waals surface area (Å²) in [6.45, 7) is 0. The van der Waals surface area contributed by atoms with Gasteiger partial charge in [0.1, 0.15) is 11.4 Å². The van der Waals surface area contributed by atoms with E-state index >= 15 is 0 Å². The van der Waals surface area contributed by atoms with Crippen molar-refractivity contribution in [1.29, 1.82) is 0 Å². The molecule has 0 saturated heterocycles. The van der Waals surface area contributed by atoms with Crippen molar-refractivity contribution < 1.29 is 14.7 Å². The van der Waals surface area contributed by atoms with Crippen LogP contribution in [0.2, 0.25) is 5.15 Å². The van der Waals surface area contributed by atoms with E-state index in [0.29, 0.717) is 11.9 Å². The molecular weight excluding hydrogens is 272 g/mol. The number of anilines is 1. The van der Waals surface area contributed by atoms with Gasteiger partial charge in [0.25, 0.3) is 0 Å². The van der Waals surface area contributed by atoms with Crippen LogP contribution in [0.5, 0.6) is 0 Å². The van der Waals surface area contributed by atoms with E-state index in [9.17, 15) is 14.7 Å². The summed E-state index contributed by atoms with van der Waals surface area (Å²) in [5.41, 5.74) is 0.643. The molecule has 0 aromatic carbocycles. The van der Waals surface area contributed by atoms with Gasteiger partial charge in [0.2, 0.25) is 5.95 Å². The smallest absolute Gasteiger partial charge is 0.414 e. The molecule has 7 nitrogen and oxygen atoms in total. The Balaban J connectivity index is 2.12. The van der Waals surface area contributed by atoms with Crippen LogP contribution in [0, 0.1) is 5.92 Å². The van der Waals surface area contributed by atoms with E-state index in [1.165, 1.54) is 10.7 Å². The van der Waals surface area contributed by atoms with Gasteiger partial charge in [-0.05, 0) is 12.5 Å². The van der Waals surface area contributed by atoms with E-state index in [1.807, 2.05) is 0 Å². The molecule has 1 N–H and O–H groups in total. The third kappa shape index (κ3) is 1.91. The van der Waals surface area contributed by atoms with Crippen molar-refractivity contribution in [3.8, 4) is 0 Å². The van der Waals surface area contributed by atoms with E-state index < -0.39 is 12.1 Å². The van der Waals surface area contributed by atoms with Gasteiger partial charge in [0.05, 0.1) is 17.8 Å². The summed E-state index contributed by atoms with van der Waals surface area (Å²) in [6, 6.07) is 2.89. The van der Waals surface area contributed by atoms with Gasteiger partial charge in [-0.25, -0.2) is 14.7 Å². The quantitative estimate of drug-likeness (QED) is 0.679. The summed E-state index contributed by atoms with van der Waals surface area (Å²) in [6.07, 6.45) is 1.60. The number of carbonyl (C=O) groups is 2. The lowest BCUT2D eigenvalue weighted by molar-refractivity contribution is -0.108. The van der Waals surface area contributed by atoms with Crippen LogP contribution in [-0.2, 0) is 4.79 Å². The SMILES string of the molecule is O=CC1CC1N(C(=O)O)c1nc(Cl)cc2ccnn12. The van der Waals surface area contributed by atoms with Crippen molar-refractivity contribution in [3.05, 3.63) is 23.5 Å². The fraction of sp³-hybridized carbons (Fsp3) is 0.273. The minimum absolute atomic E-state index is 0.106. The second-order valence-electron chi connectivity index (χ2n) is 4.30. The second kappa shape index (κ2) is 4.20. The number of rotatable bonds is 3. The number of fused-ring (bicyclic) bond motifs is 1. The maximum absolute atomic E-state index is 11.4. The number of aldehydes is 1. The van der Waals surface area contributed by atoms with E-state index in [0.717, 1.165) is 11.2 Å². The Hall–Kier alpha value is -2.15. The number of amides is 1. The normalized spacial score (nSPS) is 21.3. The van der Waals surface area contributed by atoms with Crippen LogP contribution in [0.25, 0.3) is 5.52 Å². The van der Waals surface area contributed by atoms with Gasteiger partial charge < -0.3 is 9.90 Å². The van der Waals surface area contributed by atoms with Crippen molar-refractivity contribution in [1.82, 2.24) is 14.6 Å². The molecule has 2 aromatic heterocycles. The summed E-state index contributed by atoms with van der Waals surface area (Å²) in [5, 5.41) is 13.5. The van der Waals surface area contributed by atoms with Crippen LogP contribution in [-0.4, -0.2) is 38.1 Å². The van der Waals surface area contributed by atoms with Crippen LogP contribution >= 0.6 is 11.6 Å². The van der Waals surface area contributed by atoms with Crippen molar-refractivity contribution in [2.75, 3.05) is 4.90 Å². The Morgan fingerprint density at radius 3 is 3.05 bits per heavy atom. The standard InChI is InChI=1S/C11H9ClN4O3/c12-9-4-7-1-2-13-16(7)10(14-9)15(11(18)19)8-3-6(8)5-17/h1-2,4-6,8H,3H2,(H,18,19). The highest BCUT2D eigenvalue weighted by molar-refractivity contribution is 6.29. The number of carboxylic acid groups (broad SMARTS) is 1. The molecule has 8 heteroatoms. The van der Waals surface area contributed by atoms with Gasteiger partial charge in [0.15, 0.2) is 0 Å². The first kappa shape index (κ1) is 11.9. The molecule has 0 spiro atoms. The van der Waals surface area contributed by atoms with Crippen LogP contribution < -0.4 is 4.90 Å². The van der Waals surface area contributed by atoms with Crippen LogP contribution in [0.3, 0.4) is 0 Å². The topological polar surface area (TPSA) is 87.8 Å². The average Bonchev–Trinajstić information content (AvgIpc) is 2.96. The van der Waals surface area contributed by atoms with Gasteiger partial charge >= 0.3 is 6.09 Å². The molecule has 0 bridgehead atoms. The highest BCUT2D eigenvalue weighted by atomic mass is 35.5. The molecule has 2 aromatic rings. The van der Waals surface area contributed by atoms with Crippen molar-refractivity contribution in [3.63, 3.8) is 0 Å². The van der Waals surface area contributed by atoms with Gasteiger partial charge in [-0.2, -0.15) is 9.61 Å². The molecule has 2 unspecified atom stereocenters. The van der Waals surface area contributed by atoms with E-state index in [1.54, 1.807) is 12.1 Å². The van der Waals surface area contributed by atoms with Gasteiger partial charge in [-0.3, -0.25) is 0 Å². The number of hydrogen-bond acceptors (Lipinski definition) is 4. The molecule has 2 atom stereocenters. The third-order valence-corrected chi connectivity index (χ3v) is 3.26. The molecular formula is C11H9ClN4O3. The van der Waals surface area contributed by atoms with E-state index in [2.05, 4.69) is 10.1 Å². The van der Waals surface area contributed by atoms with Crippen LogP contribution in [0.4, 0.5) is 10.7 Å². The monoisotopic (exact) mass is 280 g/mol. The fourth-order valence-corrected chi connectivity index (χ4v) is 2.25. The molecule has 0 aliphatic heterocycles. The third-order valence-electron chi connectivity index (χ3n) is 3.07. The highest BCUT2D eigenvalue weighted by Gasteiger charge is 2.46. The predicted octanol–water partition coefficient (Wildman–Crippen LogP) is 1.45.